The van der Waals surface area contributed by atoms with Crippen molar-refractivity contribution in [3.05, 3.63) is 214 Å². The van der Waals surface area contributed by atoms with Crippen molar-refractivity contribution in [3.63, 3.8) is 0 Å². The lowest BCUT2D eigenvalue weighted by Crippen LogP contribution is -2.47. The number of aromatic nitrogens is 6. The Kier molecular flexibility index (Phi) is 21.9. The lowest BCUT2D eigenvalue weighted by atomic mass is 9.83. The van der Waals surface area contributed by atoms with Crippen molar-refractivity contribution in [1.29, 1.82) is 0 Å². The second-order valence-electron chi connectivity index (χ2n) is 26.0. The Morgan fingerprint density at radius 3 is 1.42 bits per heavy atom. The summed E-state index contributed by atoms with van der Waals surface area (Å²) in [6, 6.07) is 34.9. The molecule has 0 bridgehead atoms. The van der Waals surface area contributed by atoms with E-state index in [1.165, 1.54) is 43.4 Å². The van der Waals surface area contributed by atoms with E-state index >= 15 is 13.2 Å². The monoisotopic (exact) mass is 1290 g/mol. The molecule has 2 saturated heterocycles. The maximum atomic E-state index is 15.7. The maximum Gasteiger partial charge on any atom is 0.410 e. The molecule has 15 nitrogen and oxygen atoms in total. The number of nitrogens with zero attached hydrogens (tertiary/aromatic N) is 9. The molecule has 6 atom stereocenters. The summed E-state index contributed by atoms with van der Waals surface area (Å²) < 4.78 is 131. The molecule has 8 aromatic rings. The first kappa shape index (κ1) is 68.4. The quantitative estimate of drug-likeness (QED) is 0.0774. The molecule has 0 radical (unpaired) electrons. The van der Waals surface area contributed by atoms with Crippen molar-refractivity contribution in [2.75, 3.05) is 39.3 Å². The first-order chi connectivity index (χ1) is 44.2. The van der Waals surface area contributed by atoms with Crippen LogP contribution in [0.1, 0.15) is 101 Å². The molecule has 0 unspecified atom stereocenters. The van der Waals surface area contributed by atoms with Crippen LogP contribution in [0.5, 0.6) is 0 Å². The summed E-state index contributed by atoms with van der Waals surface area (Å²) in [5.41, 5.74) is 1.22. The number of amides is 3. The Hall–Kier alpha value is -8.99. The summed E-state index contributed by atoms with van der Waals surface area (Å²) in [5, 5.41) is 12.5. The van der Waals surface area contributed by atoms with Crippen LogP contribution in [0.4, 0.5) is 44.7 Å². The molecule has 2 aliphatic heterocycles. The highest BCUT2D eigenvalue weighted by Crippen LogP contribution is 2.41. The number of carbonyl (C=O) groups is 3. The number of hydrogen-bond acceptors (Lipinski definition) is 10. The molecule has 10 rings (SSSR count). The van der Waals surface area contributed by atoms with Crippen LogP contribution in [-0.2, 0) is 40.6 Å². The third-order valence-electron chi connectivity index (χ3n) is 16.1. The van der Waals surface area contributed by atoms with Crippen molar-refractivity contribution in [2.24, 2.45) is 28.6 Å². The van der Waals surface area contributed by atoms with Crippen LogP contribution in [0.25, 0.3) is 22.8 Å². The summed E-state index contributed by atoms with van der Waals surface area (Å²) in [5.74, 6) is -5.25. The minimum absolute atomic E-state index is 0.00349. The number of carbonyl (C=O) groups excluding carboxylic acids is 3. The van der Waals surface area contributed by atoms with E-state index in [2.05, 4.69) is 20.5 Å². The largest absolute Gasteiger partial charge is 0.445 e. The van der Waals surface area contributed by atoms with Crippen LogP contribution in [0.15, 0.2) is 146 Å². The molecule has 23 heteroatoms. The van der Waals surface area contributed by atoms with Gasteiger partial charge in [0.1, 0.15) is 66.3 Å². The Morgan fingerprint density at radius 2 is 0.968 bits per heavy atom. The van der Waals surface area contributed by atoms with E-state index < -0.39 is 100 Å². The van der Waals surface area contributed by atoms with Crippen LogP contribution < -0.4 is 5.32 Å². The minimum atomic E-state index is -1.45. The Bertz CT molecular complexity index is 3860. The van der Waals surface area contributed by atoms with Crippen LogP contribution in [-0.4, -0.2) is 114 Å². The number of benzene rings is 6. The first-order valence-corrected chi connectivity index (χ1v) is 30.7. The summed E-state index contributed by atoms with van der Waals surface area (Å²) in [6.45, 7) is 15.3. The zero-order valence-corrected chi connectivity index (χ0v) is 53.1. The van der Waals surface area contributed by atoms with Crippen molar-refractivity contribution in [2.45, 2.75) is 106 Å². The van der Waals surface area contributed by atoms with Gasteiger partial charge in [0.25, 0.3) is 0 Å². The number of halogens is 8. The number of rotatable bonds is 19. The summed E-state index contributed by atoms with van der Waals surface area (Å²) in [4.78, 5) is 53.2. The van der Waals surface area contributed by atoms with Gasteiger partial charge in [0.2, 0.25) is 5.91 Å². The summed E-state index contributed by atoms with van der Waals surface area (Å²) in [7, 11) is 0. The third kappa shape index (κ3) is 17.6. The van der Waals surface area contributed by atoms with Gasteiger partial charge in [0.05, 0.1) is 49.4 Å². The van der Waals surface area contributed by atoms with Gasteiger partial charge < -0.3 is 29.5 Å². The van der Waals surface area contributed by atoms with Crippen molar-refractivity contribution in [1.82, 2.24) is 49.5 Å². The Labute approximate surface area is 535 Å². The Morgan fingerprint density at radius 1 is 0.538 bits per heavy atom. The lowest BCUT2D eigenvalue weighted by molar-refractivity contribution is -0.141. The molecule has 6 aromatic carbocycles. The van der Waals surface area contributed by atoms with E-state index in [4.69, 9.17) is 14.5 Å². The van der Waals surface area contributed by atoms with Gasteiger partial charge in [-0.05, 0) is 93.7 Å². The summed E-state index contributed by atoms with van der Waals surface area (Å²) >= 11 is 0. The molecule has 0 spiro atoms. The fourth-order valence-corrected chi connectivity index (χ4v) is 11.4. The van der Waals surface area contributed by atoms with E-state index in [1.807, 2.05) is 102 Å². The maximum absolute atomic E-state index is 15.7. The SMILES string of the molecule is CC(C)(C)[C@@H](NC[C@@H]1CN(C(=O)OCc2ccccc2)C[C@@H]1F)c1nc(-c2cc(F)ccc2F)nn1Cc1cccc(F)c1.CC(C)C(=O)N(C[C@@H]1CN(C(=O)OCc2ccccc2)C[C@@H]1F)[C@@H](c1nc(-c2cc(F)ccc2F)nn1Cc1cccc(F)c1)C(C)(C)C. The van der Waals surface area contributed by atoms with Gasteiger partial charge in [0.15, 0.2) is 17.5 Å². The minimum Gasteiger partial charge on any atom is -0.445 e. The first-order valence-electron chi connectivity index (χ1n) is 30.7. The van der Waals surface area contributed by atoms with Gasteiger partial charge in [-0.3, -0.25) is 4.79 Å². The topological polar surface area (TPSA) is 153 Å². The summed E-state index contributed by atoms with van der Waals surface area (Å²) in [6.07, 6.45) is -3.97. The van der Waals surface area contributed by atoms with E-state index in [9.17, 15) is 36.3 Å². The van der Waals surface area contributed by atoms with Gasteiger partial charge >= 0.3 is 12.2 Å². The molecule has 2 aromatic heterocycles. The number of hydrogen-bond donors (Lipinski definition) is 1. The van der Waals surface area contributed by atoms with Crippen molar-refractivity contribution >= 4 is 18.1 Å². The Balaban J connectivity index is 0.000000221. The zero-order chi connectivity index (χ0) is 66.9. The van der Waals surface area contributed by atoms with E-state index in [0.29, 0.717) is 17.0 Å². The molecule has 2 aliphatic rings. The highest BCUT2D eigenvalue weighted by molar-refractivity contribution is 5.79. The van der Waals surface area contributed by atoms with E-state index in [0.717, 1.165) is 47.5 Å². The second-order valence-corrected chi connectivity index (χ2v) is 26.0. The predicted molar refractivity (Wildman–Crippen MR) is 334 cm³/mol. The van der Waals surface area contributed by atoms with Gasteiger partial charge in [-0.15, -0.1) is 0 Å². The number of nitrogens with one attached hydrogen (secondary N) is 1. The van der Waals surface area contributed by atoms with E-state index in [1.54, 1.807) is 43.0 Å². The fourth-order valence-electron chi connectivity index (χ4n) is 11.4. The average molecular weight is 1290 g/mol. The molecule has 0 saturated carbocycles. The third-order valence-corrected chi connectivity index (χ3v) is 16.1. The molecular formula is C70H76F8N10O5. The number of likely N-dealkylation sites (tertiary alicyclic amines) is 2. The predicted octanol–water partition coefficient (Wildman–Crippen LogP) is 14.3. The van der Waals surface area contributed by atoms with Gasteiger partial charge in [-0.25, -0.2) is 64.0 Å². The molecule has 93 heavy (non-hydrogen) atoms. The molecular weight excluding hydrogens is 1210 g/mol. The van der Waals surface area contributed by atoms with Crippen LogP contribution >= 0.6 is 0 Å². The zero-order valence-electron chi connectivity index (χ0n) is 53.1. The lowest BCUT2D eigenvalue weighted by Gasteiger charge is -2.41. The average Bonchev–Trinajstić information content (AvgIpc) is 1.68. The highest BCUT2D eigenvalue weighted by Gasteiger charge is 2.45. The normalized spacial score (nSPS) is 17.3. The molecule has 1 N–H and O–H groups in total. The van der Waals surface area contributed by atoms with E-state index in [-0.39, 0.29) is 100 Å². The molecule has 0 aliphatic carbocycles. The molecule has 3 amide bonds. The van der Waals surface area contributed by atoms with Crippen molar-refractivity contribution < 1.29 is 59.0 Å². The second kappa shape index (κ2) is 29.7. The van der Waals surface area contributed by atoms with Crippen LogP contribution in [0.3, 0.4) is 0 Å². The molecule has 2 fully saturated rings. The molecule has 492 valence electrons. The van der Waals surface area contributed by atoms with Crippen LogP contribution in [0, 0.1) is 63.5 Å². The number of ether oxygens (including phenoxy) is 2. The standard InChI is InChI=1S/C37H41F4N5O3.C33H35F4N5O2/c1-23(2)35(47)45(20-26-19-44(21-31(26)41)36(48)49-22-24-10-7-6-8-11-24)32(37(3,4)5)34-42-33(29-17-28(39)14-15-30(29)40)43-46(34)18-25-12-9-13-27(38)16-25;1-33(2,3)29(38-16-23-18-41(19-28(23)37)32(43)44-20-21-8-5-4-6-9-21)31-39-30(26-15-25(35)12-13-27(26)36)40-42(31)17-22-10-7-11-24(34)14-22/h6-17,23,26,31-32H,18-22H2,1-5H3;4-15,23,28-29,38H,16-20H2,1-3H3/t26-,31-,32-;23-,28+,29+/m01/s1. The smallest absolute Gasteiger partial charge is 0.410 e. The molecule has 4 heterocycles. The highest BCUT2D eigenvalue weighted by atomic mass is 19.2. The van der Waals surface area contributed by atoms with Gasteiger partial charge in [0, 0.05) is 43.9 Å². The van der Waals surface area contributed by atoms with Crippen molar-refractivity contribution in [3.8, 4) is 22.8 Å². The number of alkyl halides is 2. The van der Waals surface area contributed by atoms with Gasteiger partial charge in [-0.1, -0.05) is 140 Å². The van der Waals surface area contributed by atoms with Gasteiger partial charge in [-0.2, -0.15) is 10.2 Å². The fraction of sp³-hybridized carbons (Fsp3) is 0.386. The van der Waals surface area contributed by atoms with Crippen LogP contribution in [0.2, 0.25) is 0 Å².